The Morgan fingerprint density at radius 2 is 1.73 bits per heavy atom. The fourth-order valence-electron chi connectivity index (χ4n) is 6.57. The number of allylic oxidation sites excluding steroid dienone is 1. The van der Waals surface area contributed by atoms with Gasteiger partial charge < -0.3 is 30.3 Å². The van der Waals surface area contributed by atoms with Gasteiger partial charge in [-0.3, -0.25) is 24.6 Å². The number of hydrogen-bond donors (Lipinski definition) is 4. The van der Waals surface area contributed by atoms with E-state index in [0.29, 0.717) is 25.9 Å². The molecular weight excluding hydrogens is 620 g/mol. The molecule has 1 aromatic carbocycles. The third-order valence-electron chi connectivity index (χ3n) is 9.16. The van der Waals surface area contributed by atoms with Crippen molar-refractivity contribution < 1.29 is 38.2 Å². The zero-order chi connectivity index (χ0) is 34.6. The highest BCUT2D eigenvalue weighted by Crippen LogP contribution is 2.45. The first-order valence-electron chi connectivity index (χ1n) is 16.6. The second-order valence-corrected chi connectivity index (χ2v) is 13.9. The van der Waals surface area contributed by atoms with Crippen LogP contribution in [0.1, 0.15) is 76.8 Å². The molecule has 48 heavy (non-hydrogen) atoms. The Morgan fingerprint density at radius 3 is 2.40 bits per heavy atom. The van der Waals surface area contributed by atoms with Gasteiger partial charge in [0, 0.05) is 32.5 Å². The predicted molar refractivity (Wildman–Crippen MR) is 173 cm³/mol. The Balaban J connectivity index is 1.39. The summed E-state index contributed by atoms with van der Waals surface area (Å²) < 4.78 is 11.3. The van der Waals surface area contributed by atoms with Crippen molar-refractivity contribution in [3.63, 3.8) is 0 Å². The van der Waals surface area contributed by atoms with Gasteiger partial charge in [-0.2, -0.15) is 0 Å². The number of benzene rings is 1. The van der Waals surface area contributed by atoms with Crippen LogP contribution in [-0.4, -0.2) is 88.7 Å². The summed E-state index contributed by atoms with van der Waals surface area (Å²) in [6, 6.07) is 4.89. The third kappa shape index (κ3) is 8.08. The number of carbonyl (C=O) groups excluding carboxylic acids is 6. The summed E-state index contributed by atoms with van der Waals surface area (Å²) in [5.41, 5.74) is -0.145. The average molecular weight is 667 g/mol. The Labute approximate surface area is 280 Å². The number of rotatable bonds is 3. The molecule has 5 rings (SSSR count). The Morgan fingerprint density at radius 1 is 1.02 bits per heavy atom. The molecule has 0 spiro atoms. The Bertz CT molecular complexity index is 1450. The standard InChI is InChI=1S/C34H46N6O8/c1-33(2,3)48-31(45)36-25-15-9-7-5-6-8-14-23-17-34(23,29(43)37-30(44)35-4)38-27(41)26-16-24(20-40(26)28(25)42)47-32(46)39-18-21-12-10-11-13-22(21)19-39/h8,10-14,23-26H,5-7,9,15-20H2,1-4H3,(H,36,45)(H,38,41)(H2,35,37,43,44)/b14-8-/t23-,24+,25-,26-,34+/m0/s1. The molecule has 0 radical (unpaired) electrons. The number of nitrogens with zero attached hydrogens (tertiary/aromatic N) is 2. The molecule has 1 saturated heterocycles. The molecule has 2 fully saturated rings. The van der Waals surface area contributed by atoms with Crippen molar-refractivity contribution in [2.24, 2.45) is 5.92 Å². The molecule has 1 saturated carbocycles. The molecule has 14 nitrogen and oxygen atoms in total. The summed E-state index contributed by atoms with van der Waals surface area (Å²) in [5.74, 6) is -2.15. The second-order valence-electron chi connectivity index (χ2n) is 13.9. The lowest BCUT2D eigenvalue weighted by atomic mass is 10.0. The Hall–Kier alpha value is -4.62. The normalized spacial score (nSPS) is 27.9. The maximum absolute atomic E-state index is 14.2. The first-order valence-corrected chi connectivity index (χ1v) is 16.6. The number of fused-ring (bicyclic) bond motifs is 3. The summed E-state index contributed by atoms with van der Waals surface area (Å²) in [6.45, 7) is 5.84. The molecular formula is C34H46N6O8. The highest BCUT2D eigenvalue weighted by Gasteiger charge is 2.61. The van der Waals surface area contributed by atoms with Crippen LogP contribution < -0.4 is 21.3 Å². The van der Waals surface area contributed by atoms with Crippen molar-refractivity contribution in [1.29, 1.82) is 0 Å². The topological polar surface area (TPSA) is 175 Å². The van der Waals surface area contributed by atoms with E-state index in [-0.39, 0.29) is 25.3 Å². The predicted octanol–water partition coefficient (Wildman–Crippen LogP) is 2.85. The number of urea groups is 1. The maximum Gasteiger partial charge on any atom is 0.410 e. The number of nitrogens with one attached hydrogen (secondary N) is 4. The van der Waals surface area contributed by atoms with Crippen molar-refractivity contribution in [1.82, 2.24) is 31.1 Å². The van der Waals surface area contributed by atoms with Gasteiger partial charge in [0.05, 0.1) is 6.54 Å². The van der Waals surface area contributed by atoms with Crippen LogP contribution in [0.4, 0.5) is 14.4 Å². The highest BCUT2D eigenvalue weighted by molar-refractivity contribution is 6.04. The molecule has 0 unspecified atom stereocenters. The van der Waals surface area contributed by atoms with E-state index in [9.17, 15) is 28.8 Å². The summed E-state index contributed by atoms with van der Waals surface area (Å²) in [6.07, 6.45) is 5.19. The number of alkyl carbamates (subject to hydrolysis) is 1. The molecule has 1 aromatic rings. The largest absolute Gasteiger partial charge is 0.444 e. The van der Waals surface area contributed by atoms with Crippen LogP contribution in [0.25, 0.3) is 0 Å². The smallest absolute Gasteiger partial charge is 0.410 e. The minimum atomic E-state index is -1.39. The van der Waals surface area contributed by atoms with Gasteiger partial charge in [-0.05, 0) is 57.6 Å². The average Bonchev–Trinajstić information content (AvgIpc) is 3.33. The molecule has 1 aliphatic carbocycles. The SMILES string of the molecule is CNC(=O)NC(=O)[C@@]12C[C@@H]1/C=C\CCCCC[C@H](NC(=O)OC(C)(C)C)C(=O)N1C[C@H](OC(=O)N3Cc4ccccc4C3)C[C@H]1C(=O)N2. The minimum absolute atomic E-state index is 0.0170. The van der Waals surface area contributed by atoms with Crippen LogP contribution >= 0.6 is 0 Å². The van der Waals surface area contributed by atoms with Gasteiger partial charge in [-0.1, -0.05) is 49.3 Å². The van der Waals surface area contributed by atoms with E-state index in [1.165, 1.54) is 11.9 Å². The highest BCUT2D eigenvalue weighted by atomic mass is 16.6. The summed E-state index contributed by atoms with van der Waals surface area (Å²) in [4.78, 5) is 82.7. The zero-order valence-electron chi connectivity index (χ0n) is 28.0. The summed E-state index contributed by atoms with van der Waals surface area (Å²) in [7, 11) is 1.38. The van der Waals surface area contributed by atoms with E-state index in [0.717, 1.165) is 30.4 Å². The monoisotopic (exact) mass is 666 g/mol. The van der Waals surface area contributed by atoms with E-state index in [1.807, 2.05) is 36.4 Å². The van der Waals surface area contributed by atoms with Gasteiger partial charge in [0.25, 0.3) is 5.91 Å². The maximum atomic E-state index is 14.2. The lowest BCUT2D eigenvalue weighted by Gasteiger charge is -2.30. The summed E-state index contributed by atoms with van der Waals surface area (Å²) >= 11 is 0. The van der Waals surface area contributed by atoms with E-state index < -0.39 is 65.3 Å². The lowest BCUT2D eigenvalue weighted by molar-refractivity contribution is -0.141. The van der Waals surface area contributed by atoms with Gasteiger partial charge in [0.2, 0.25) is 11.8 Å². The van der Waals surface area contributed by atoms with E-state index in [2.05, 4.69) is 21.3 Å². The van der Waals surface area contributed by atoms with Crippen molar-refractivity contribution in [2.75, 3.05) is 13.6 Å². The van der Waals surface area contributed by atoms with Crippen LogP contribution in [-0.2, 0) is 36.9 Å². The fraction of sp³-hybridized carbons (Fsp3) is 0.588. The van der Waals surface area contributed by atoms with E-state index >= 15 is 0 Å². The van der Waals surface area contributed by atoms with Crippen molar-refractivity contribution >= 4 is 35.9 Å². The van der Waals surface area contributed by atoms with Crippen molar-refractivity contribution in [3.8, 4) is 0 Å². The Kier molecular flexibility index (Phi) is 10.3. The molecule has 14 heteroatoms. The fourth-order valence-corrected chi connectivity index (χ4v) is 6.57. The first kappa shape index (κ1) is 34.7. The van der Waals surface area contributed by atoms with Crippen LogP contribution in [0.3, 0.4) is 0 Å². The second kappa shape index (κ2) is 14.2. The van der Waals surface area contributed by atoms with Crippen molar-refractivity contribution in [2.45, 2.75) is 108 Å². The number of amides is 7. The van der Waals surface area contributed by atoms with Gasteiger partial charge in [0.15, 0.2) is 0 Å². The van der Waals surface area contributed by atoms with Crippen molar-refractivity contribution in [3.05, 3.63) is 47.5 Å². The first-order chi connectivity index (χ1) is 22.8. The molecule has 4 N–H and O–H groups in total. The van der Waals surface area contributed by atoms with Gasteiger partial charge in [-0.25, -0.2) is 14.4 Å². The van der Waals surface area contributed by atoms with Crippen LogP contribution in [0.15, 0.2) is 36.4 Å². The number of imide groups is 1. The van der Waals surface area contributed by atoms with Gasteiger partial charge in [0.1, 0.15) is 29.3 Å². The number of hydrogen-bond acceptors (Lipinski definition) is 8. The minimum Gasteiger partial charge on any atom is -0.444 e. The van der Waals surface area contributed by atoms with Crippen LogP contribution in [0, 0.1) is 5.92 Å². The molecule has 5 atom stereocenters. The van der Waals surface area contributed by atoms with Gasteiger partial charge >= 0.3 is 18.2 Å². The molecule has 3 heterocycles. The third-order valence-corrected chi connectivity index (χ3v) is 9.16. The van der Waals surface area contributed by atoms with Gasteiger partial charge in [-0.15, -0.1) is 0 Å². The van der Waals surface area contributed by atoms with E-state index in [4.69, 9.17) is 9.47 Å². The quantitative estimate of drug-likeness (QED) is 0.356. The molecule has 4 aliphatic rings. The molecule has 3 aliphatic heterocycles. The molecule has 0 bridgehead atoms. The molecule has 0 aromatic heterocycles. The van der Waals surface area contributed by atoms with E-state index in [1.54, 1.807) is 25.7 Å². The molecule has 260 valence electrons. The molecule has 7 amide bonds. The summed E-state index contributed by atoms with van der Waals surface area (Å²) in [5, 5.41) is 10.2. The number of ether oxygens (including phenoxy) is 2. The van der Waals surface area contributed by atoms with Crippen LogP contribution in [0.2, 0.25) is 0 Å². The lowest BCUT2D eigenvalue weighted by Crippen LogP contribution is -2.58. The van der Waals surface area contributed by atoms with Crippen LogP contribution in [0.5, 0.6) is 0 Å². The zero-order valence-corrected chi connectivity index (χ0v) is 28.0. The number of carbonyl (C=O) groups is 6.